The zero-order valence-corrected chi connectivity index (χ0v) is 15.5. The van der Waals surface area contributed by atoms with Gasteiger partial charge >= 0.3 is 0 Å². The summed E-state index contributed by atoms with van der Waals surface area (Å²) in [5.41, 5.74) is 1.75. The lowest BCUT2D eigenvalue weighted by Crippen LogP contribution is -2.44. The largest absolute Gasteiger partial charge is 0.314 e. The number of halogens is 1. The van der Waals surface area contributed by atoms with E-state index in [4.69, 9.17) is 11.6 Å². The van der Waals surface area contributed by atoms with Crippen LogP contribution in [0.15, 0.2) is 53.4 Å². The zero-order chi connectivity index (χ0) is 17.7. The second kappa shape index (κ2) is 8.19. The Labute approximate surface area is 154 Å². The maximum atomic E-state index is 12.4. The molecule has 0 radical (unpaired) electrons. The number of nitrogens with one attached hydrogen (secondary N) is 2. The molecule has 1 saturated heterocycles. The Hall–Kier alpha value is -1.60. The smallest absolute Gasteiger partial charge is 0.261 e. The van der Waals surface area contributed by atoms with Gasteiger partial charge in [-0.15, -0.1) is 0 Å². The van der Waals surface area contributed by atoms with Crippen LogP contribution >= 0.6 is 11.6 Å². The maximum absolute atomic E-state index is 12.4. The van der Waals surface area contributed by atoms with Gasteiger partial charge in [0.2, 0.25) is 0 Å². The Kier molecular flexibility index (Phi) is 5.96. The van der Waals surface area contributed by atoms with E-state index in [-0.39, 0.29) is 4.90 Å². The van der Waals surface area contributed by atoms with E-state index in [1.807, 2.05) is 12.1 Å². The van der Waals surface area contributed by atoms with Gasteiger partial charge in [0.05, 0.1) is 4.90 Å². The highest BCUT2D eigenvalue weighted by Gasteiger charge is 2.14. The quantitative estimate of drug-likeness (QED) is 0.809. The van der Waals surface area contributed by atoms with E-state index in [9.17, 15) is 8.42 Å². The predicted octanol–water partition coefficient (Wildman–Crippen LogP) is 2.59. The molecule has 0 amide bonds. The van der Waals surface area contributed by atoms with Gasteiger partial charge in [0.15, 0.2) is 0 Å². The minimum atomic E-state index is -3.63. The summed E-state index contributed by atoms with van der Waals surface area (Å²) in [5, 5.41) is 3.74. The third kappa shape index (κ3) is 5.19. The van der Waals surface area contributed by atoms with E-state index in [0.29, 0.717) is 10.7 Å². The first-order chi connectivity index (χ1) is 12.0. The normalized spacial score (nSPS) is 15.9. The van der Waals surface area contributed by atoms with Gasteiger partial charge in [-0.05, 0) is 42.3 Å². The molecule has 1 fully saturated rings. The first kappa shape index (κ1) is 18.2. The van der Waals surface area contributed by atoms with Crippen LogP contribution in [0.25, 0.3) is 0 Å². The van der Waals surface area contributed by atoms with Gasteiger partial charge in [-0.1, -0.05) is 29.8 Å². The second-order valence-corrected chi connectivity index (χ2v) is 8.22. The van der Waals surface area contributed by atoms with Crippen LogP contribution in [0.4, 0.5) is 5.69 Å². The van der Waals surface area contributed by atoms with E-state index in [1.165, 1.54) is 17.7 Å². The number of rotatable bonds is 6. The van der Waals surface area contributed by atoms with E-state index in [1.54, 1.807) is 24.3 Å². The summed E-state index contributed by atoms with van der Waals surface area (Å²) < 4.78 is 27.4. The van der Waals surface area contributed by atoms with Crippen molar-refractivity contribution in [3.05, 3.63) is 59.1 Å². The average molecular weight is 380 g/mol. The molecule has 0 spiro atoms. The molecule has 3 rings (SSSR count). The van der Waals surface area contributed by atoms with Crippen molar-refractivity contribution in [2.45, 2.75) is 11.3 Å². The SMILES string of the molecule is O=S(=O)(Nc1ccc(CCN2CCNCC2)cc1)c1cccc(Cl)c1. The highest BCUT2D eigenvalue weighted by Crippen LogP contribution is 2.19. The van der Waals surface area contributed by atoms with Crippen molar-refractivity contribution >= 4 is 27.3 Å². The van der Waals surface area contributed by atoms with Gasteiger partial charge in [-0.3, -0.25) is 4.72 Å². The summed E-state index contributed by atoms with van der Waals surface area (Å²) in [4.78, 5) is 2.59. The van der Waals surface area contributed by atoms with Gasteiger partial charge in [0, 0.05) is 43.4 Å². The Bertz CT molecular complexity index is 803. The van der Waals surface area contributed by atoms with Gasteiger partial charge in [-0.25, -0.2) is 8.42 Å². The number of sulfonamides is 1. The minimum absolute atomic E-state index is 0.155. The van der Waals surface area contributed by atoms with Crippen LogP contribution in [-0.4, -0.2) is 46.0 Å². The van der Waals surface area contributed by atoms with E-state index in [0.717, 1.165) is 39.1 Å². The first-order valence-electron chi connectivity index (χ1n) is 8.33. The monoisotopic (exact) mass is 379 g/mol. The molecule has 0 unspecified atom stereocenters. The molecule has 0 aliphatic carbocycles. The highest BCUT2D eigenvalue weighted by atomic mass is 35.5. The molecule has 25 heavy (non-hydrogen) atoms. The third-order valence-electron chi connectivity index (χ3n) is 4.24. The number of hydrogen-bond donors (Lipinski definition) is 2. The Balaban J connectivity index is 1.60. The van der Waals surface area contributed by atoms with Gasteiger partial charge in [0.25, 0.3) is 10.0 Å². The summed E-state index contributed by atoms with van der Waals surface area (Å²) in [6, 6.07) is 13.8. The van der Waals surface area contributed by atoms with Crippen LogP contribution in [-0.2, 0) is 16.4 Å². The molecular weight excluding hydrogens is 358 g/mol. The fraction of sp³-hybridized carbons (Fsp3) is 0.333. The van der Waals surface area contributed by atoms with Crippen molar-refractivity contribution in [3.63, 3.8) is 0 Å². The molecule has 0 atom stereocenters. The van der Waals surface area contributed by atoms with Gasteiger partial charge < -0.3 is 10.2 Å². The minimum Gasteiger partial charge on any atom is -0.314 e. The summed E-state index contributed by atoms with van der Waals surface area (Å²) >= 11 is 5.87. The lowest BCUT2D eigenvalue weighted by Gasteiger charge is -2.27. The van der Waals surface area contributed by atoms with Crippen LogP contribution in [0.5, 0.6) is 0 Å². The van der Waals surface area contributed by atoms with Crippen molar-refractivity contribution in [2.75, 3.05) is 37.4 Å². The van der Waals surface area contributed by atoms with Crippen molar-refractivity contribution in [3.8, 4) is 0 Å². The Morgan fingerprint density at radius 1 is 1.08 bits per heavy atom. The summed E-state index contributed by atoms with van der Waals surface area (Å²) in [5.74, 6) is 0. The van der Waals surface area contributed by atoms with Crippen molar-refractivity contribution in [2.24, 2.45) is 0 Å². The topological polar surface area (TPSA) is 61.4 Å². The van der Waals surface area contributed by atoms with Crippen LogP contribution in [0.1, 0.15) is 5.56 Å². The first-order valence-corrected chi connectivity index (χ1v) is 10.2. The number of piperazine rings is 1. The lowest BCUT2D eigenvalue weighted by molar-refractivity contribution is 0.244. The van der Waals surface area contributed by atoms with Crippen molar-refractivity contribution in [1.82, 2.24) is 10.2 Å². The number of hydrogen-bond acceptors (Lipinski definition) is 4. The summed E-state index contributed by atoms with van der Waals surface area (Å²) in [7, 11) is -3.63. The lowest BCUT2D eigenvalue weighted by atomic mass is 10.1. The van der Waals surface area contributed by atoms with Crippen LogP contribution in [0, 0.1) is 0 Å². The average Bonchev–Trinajstić information content (AvgIpc) is 2.62. The molecule has 7 heteroatoms. The van der Waals surface area contributed by atoms with Crippen LogP contribution in [0.2, 0.25) is 5.02 Å². The molecular formula is C18H22ClN3O2S. The molecule has 0 bridgehead atoms. The molecule has 2 aromatic rings. The maximum Gasteiger partial charge on any atom is 0.261 e. The molecule has 134 valence electrons. The Morgan fingerprint density at radius 2 is 1.80 bits per heavy atom. The molecule has 1 heterocycles. The Morgan fingerprint density at radius 3 is 2.48 bits per heavy atom. The van der Waals surface area contributed by atoms with Crippen molar-refractivity contribution < 1.29 is 8.42 Å². The van der Waals surface area contributed by atoms with Crippen LogP contribution in [0.3, 0.4) is 0 Å². The third-order valence-corrected chi connectivity index (χ3v) is 5.85. The van der Waals surface area contributed by atoms with Gasteiger partial charge in [0.1, 0.15) is 0 Å². The molecule has 1 aliphatic heterocycles. The van der Waals surface area contributed by atoms with E-state index < -0.39 is 10.0 Å². The molecule has 5 nitrogen and oxygen atoms in total. The fourth-order valence-corrected chi connectivity index (χ4v) is 4.17. The second-order valence-electron chi connectivity index (χ2n) is 6.10. The number of benzene rings is 2. The standard InChI is InChI=1S/C18H22ClN3O2S/c19-16-2-1-3-18(14-16)25(23,24)21-17-6-4-15(5-7-17)8-11-22-12-9-20-10-13-22/h1-7,14,20-21H,8-13H2. The van der Waals surface area contributed by atoms with Crippen LogP contribution < -0.4 is 10.0 Å². The summed E-state index contributed by atoms with van der Waals surface area (Å²) in [6.45, 7) is 5.28. The molecule has 2 N–H and O–H groups in total. The highest BCUT2D eigenvalue weighted by molar-refractivity contribution is 7.92. The molecule has 0 saturated carbocycles. The fourth-order valence-electron chi connectivity index (χ4n) is 2.81. The summed E-state index contributed by atoms with van der Waals surface area (Å²) in [6.07, 6.45) is 0.960. The molecule has 0 aromatic heterocycles. The number of nitrogens with zero attached hydrogens (tertiary/aromatic N) is 1. The van der Waals surface area contributed by atoms with Gasteiger partial charge in [-0.2, -0.15) is 0 Å². The molecule has 1 aliphatic rings. The van der Waals surface area contributed by atoms with Crippen molar-refractivity contribution in [1.29, 1.82) is 0 Å². The zero-order valence-electron chi connectivity index (χ0n) is 13.9. The predicted molar refractivity (Wildman–Crippen MR) is 102 cm³/mol. The van der Waals surface area contributed by atoms with E-state index in [2.05, 4.69) is 14.9 Å². The number of anilines is 1. The molecule has 2 aromatic carbocycles. The van der Waals surface area contributed by atoms with E-state index >= 15 is 0 Å².